The smallest absolute Gasteiger partial charge is 0.248 e. The Labute approximate surface area is 89.8 Å². The van der Waals surface area contributed by atoms with Crippen LogP contribution in [0.5, 0.6) is 0 Å². The van der Waals surface area contributed by atoms with Crippen molar-refractivity contribution in [3.63, 3.8) is 0 Å². The molecule has 0 saturated heterocycles. The molecule has 0 fully saturated rings. The van der Waals surface area contributed by atoms with Gasteiger partial charge in [-0.2, -0.15) is 4.98 Å². The number of hydrogen-bond acceptors (Lipinski definition) is 7. The standard InChI is InChI=1S/C7H11FN6O2/c8-3-1-12-7(14-10)13-6(3)11-2-4(15)5(9)16/h1,4,15H,2,10H2,(H2,9,16)(H2,11,12,13,14). The van der Waals surface area contributed by atoms with E-state index >= 15 is 0 Å². The minimum absolute atomic E-state index is 0.00235. The average molecular weight is 230 g/mol. The van der Waals surface area contributed by atoms with E-state index in [1.54, 1.807) is 0 Å². The summed E-state index contributed by atoms with van der Waals surface area (Å²) in [5, 5.41) is 11.5. The lowest BCUT2D eigenvalue weighted by Crippen LogP contribution is -2.34. The number of carbonyl (C=O) groups is 1. The number of hydrogen-bond donors (Lipinski definition) is 5. The minimum Gasteiger partial charge on any atom is -0.381 e. The molecule has 0 saturated carbocycles. The summed E-state index contributed by atoms with van der Waals surface area (Å²) in [6.07, 6.45) is -0.537. The highest BCUT2D eigenvalue weighted by Gasteiger charge is 2.12. The molecule has 0 bridgehead atoms. The fraction of sp³-hybridized carbons (Fsp3) is 0.286. The van der Waals surface area contributed by atoms with Gasteiger partial charge in [-0.25, -0.2) is 15.2 Å². The minimum atomic E-state index is -1.43. The molecule has 9 heteroatoms. The number of carbonyl (C=O) groups excluding carboxylic acids is 1. The molecule has 0 aliphatic carbocycles. The zero-order valence-electron chi connectivity index (χ0n) is 8.14. The van der Waals surface area contributed by atoms with Crippen LogP contribution < -0.4 is 22.3 Å². The predicted molar refractivity (Wildman–Crippen MR) is 53.5 cm³/mol. The third kappa shape index (κ3) is 3.00. The molecule has 1 heterocycles. The topological polar surface area (TPSA) is 139 Å². The highest BCUT2D eigenvalue weighted by Crippen LogP contribution is 2.10. The summed E-state index contributed by atoms with van der Waals surface area (Å²) in [5.74, 6) is 3.17. The first-order valence-corrected chi connectivity index (χ1v) is 4.25. The lowest BCUT2D eigenvalue weighted by atomic mass is 10.3. The predicted octanol–water partition coefficient (Wildman–Crippen LogP) is -1.84. The van der Waals surface area contributed by atoms with E-state index in [1.807, 2.05) is 0 Å². The number of nitrogen functional groups attached to an aromatic ring is 1. The summed E-state index contributed by atoms with van der Waals surface area (Å²) in [4.78, 5) is 17.6. The highest BCUT2D eigenvalue weighted by molar-refractivity contribution is 5.79. The molecule has 0 spiro atoms. The number of aliphatic hydroxyl groups excluding tert-OH is 1. The van der Waals surface area contributed by atoms with Gasteiger partial charge in [0.15, 0.2) is 11.6 Å². The number of aromatic nitrogens is 2. The fourth-order valence-corrected chi connectivity index (χ4v) is 0.855. The van der Waals surface area contributed by atoms with Gasteiger partial charge >= 0.3 is 0 Å². The largest absolute Gasteiger partial charge is 0.381 e. The second kappa shape index (κ2) is 5.19. The Morgan fingerprint density at radius 2 is 2.38 bits per heavy atom. The number of nitrogens with zero attached hydrogens (tertiary/aromatic N) is 2. The molecule has 0 aliphatic rings. The molecule has 88 valence electrons. The van der Waals surface area contributed by atoms with Crippen LogP contribution in [0.25, 0.3) is 0 Å². The summed E-state index contributed by atoms with van der Waals surface area (Å²) in [5.41, 5.74) is 6.93. The van der Waals surface area contributed by atoms with Crippen LogP contribution in [0.3, 0.4) is 0 Å². The van der Waals surface area contributed by atoms with Crippen LogP contribution in [0.15, 0.2) is 6.20 Å². The van der Waals surface area contributed by atoms with Crippen molar-refractivity contribution in [2.75, 3.05) is 17.3 Å². The maximum atomic E-state index is 13.1. The Morgan fingerprint density at radius 3 is 2.94 bits per heavy atom. The second-order valence-corrected chi connectivity index (χ2v) is 2.83. The van der Waals surface area contributed by atoms with E-state index in [9.17, 15) is 9.18 Å². The van der Waals surface area contributed by atoms with E-state index < -0.39 is 17.8 Å². The number of nitrogens with one attached hydrogen (secondary N) is 2. The summed E-state index contributed by atoms with van der Waals surface area (Å²) in [6, 6.07) is 0. The summed E-state index contributed by atoms with van der Waals surface area (Å²) in [7, 11) is 0. The number of halogens is 1. The van der Waals surface area contributed by atoms with Gasteiger partial charge in [0.1, 0.15) is 6.10 Å². The first-order chi connectivity index (χ1) is 7.54. The van der Waals surface area contributed by atoms with Gasteiger partial charge in [0.05, 0.1) is 12.7 Å². The number of hydrazine groups is 1. The van der Waals surface area contributed by atoms with Gasteiger partial charge in [-0.1, -0.05) is 0 Å². The number of nitrogens with two attached hydrogens (primary N) is 2. The maximum absolute atomic E-state index is 13.1. The Kier molecular flexibility index (Phi) is 3.91. The SMILES string of the molecule is NNc1ncc(F)c(NCC(O)C(N)=O)n1. The van der Waals surface area contributed by atoms with Crippen LogP contribution in [-0.4, -0.2) is 33.6 Å². The number of primary amides is 1. The quantitative estimate of drug-likeness (QED) is 0.296. The molecule has 1 aromatic heterocycles. The van der Waals surface area contributed by atoms with Crippen molar-refractivity contribution in [1.82, 2.24) is 9.97 Å². The van der Waals surface area contributed by atoms with Crippen LogP contribution in [0.2, 0.25) is 0 Å². The Hall–Kier alpha value is -2.00. The van der Waals surface area contributed by atoms with Crippen LogP contribution in [0.4, 0.5) is 16.2 Å². The van der Waals surface area contributed by atoms with Crippen molar-refractivity contribution in [2.24, 2.45) is 11.6 Å². The molecule has 1 unspecified atom stereocenters. The molecule has 0 aliphatic heterocycles. The van der Waals surface area contributed by atoms with Gasteiger partial charge < -0.3 is 16.2 Å². The third-order valence-electron chi connectivity index (χ3n) is 1.66. The lowest BCUT2D eigenvalue weighted by molar-refractivity contribution is -0.125. The molecule has 8 nitrogen and oxygen atoms in total. The van der Waals surface area contributed by atoms with E-state index in [0.29, 0.717) is 0 Å². The van der Waals surface area contributed by atoms with Gasteiger partial charge in [0.2, 0.25) is 11.9 Å². The zero-order chi connectivity index (χ0) is 12.1. The first kappa shape index (κ1) is 12.1. The molecule has 0 radical (unpaired) electrons. The normalized spacial score (nSPS) is 11.9. The highest BCUT2D eigenvalue weighted by atomic mass is 19.1. The molecule has 1 amide bonds. The molecule has 16 heavy (non-hydrogen) atoms. The van der Waals surface area contributed by atoms with E-state index in [4.69, 9.17) is 16.7 Å². The molecular formula is C7H11FN6O2. The molecule has 0 aromatic carbocycles. The van der Waals surface area contributed by atoms with Crippen molar-refractivity contribution in [3.05, 3.63) is 12.0 Å². The van der Waals surface area contributed by atoms with E-state index in [1.165, 1.54) is 0 Å². The number of anilines is 2. The van der Waals surface area contributed by atoms with Crippen molar-refractivity contribution >= 4 is 17.7 Å². The van der Waals surface area contributed by atoms with E-state index in [2.05, 4.69) is 20.7 Å². The maximum Gasteiger partial charge on any atom is 0.248 e. The fourth-order valence-electron chi connectivity index (χ4n) is 0.855. The molecule has 7 N–H and O–H groups in total. The number of amides is 1. The average Bonchev–Trinajstić information content (AvgIpc) is 2.27. The summed E-state index contributed by atoms with van der Waals surface area (Å²) >= 11 is 0. The molecular weight excluding hydrogens is 219 g/mol. The van der Waals surface area contributed by atoms with Crippen molar-refractivity contribution < 1.29 is 14.3 Å². The van der Waals surface area contributed by atoms with E-state index in [-0.39, 0.29) is 18.3 Å². The second-order valence-electron chi connectivity index (χ2n) is 2.83. The van der Waals surface area contributed by atoms with Gasteiger partial charge in [-0.15, -0.1) is 0 Å². The van der Waals surface area contributed by atoms with Gasteiger partial charge in [0.25, 0.3) is 0 Å². The molecule has 1 aromatic rings. The Balaban J connectivity index is 2.69. The Morgan fingerprint density at radius 1 is 1.69 bits per heavy atom. The molecule has 1 rings (SSSR count). The van der Waals surface area contributed by atoms with Crippen molar-refractivity contribution in [3.8, 4) is 0 Å². The number of rotatable bonds is 5. The van der Waals surface area contributed by atoms with Crippen molar-refractivity contribution in [1.29, 1.82) is 0 Å². The Bertz CT molecular complexity index is 387. The van der Waals surface area contributed by atoms with Crippen LogP contribution in [-0.2, 0) is 4.79 Å². The monoisotopic (exact) mass is 230 g/mol. The summed E-state index contributed by atoms with van der Waals surface area (Å²) in [6.45, 7) is -0.257. The van der Waals surface area contributed by atoms with Gasteiger partial charge in [-0.05, 0) is 0 Å². The lowest BCUT2D eigenvalue weighted by Gasteiger charge is -2.10. The molecule has 1 atom stereocenters. The van der Waals surface area contributed by atoms with Gasteiger partial charge in [0, 0.05) is 0 Å². The van der Waals surface area contributed by atoms with Crippen LogP contribution >= 0.6 is 0 Å². The summed E-state index contributed by atoms with van der Waals surface area (Å²) < 4.78 is 13.1. The van der Waals surface area contributed by atoms with Crippen LogP contribution in [0, 0.1) is 5.82 Å². The number of aliphatic hydroxyl groups is 1. The first-order valence-electron chi connectivity index (χ1n) is 4.25. The third-order valence-corrected chi connectivity index (χ3v) is 1.66. The van der Waals surface area contributed by atoms with Crippen molar-refractivity contribution in [2.45, 2.75) is 6.10 Å². The van der Waals surface area contributed by atoms with Gasteiger partial charge in [-0.3, -0.25) is 10.2 Å². The van der Waals surface area contributed by atoms with Crippen LogP contribution in [0.1, 0.15) is 0 Å². The van der Waals surface area contributed by atoms with E-state index in [0.717, 1.165) is 6.20 Å². The zero-order valence-corrected chi connectivity index (χ0v) is 8.14.